The first-order chi connectivity index (χ1) is 16.0. The molecule has 0 spiro atoms. The lowest BCUT2D eigenvalue weighted by molar-refractivity contribution is 0.626. The number of nitrogens with one attached hydrogen (secondary N) is 3. The van der Waals surface area contributed by atoms with E-state index in [9.17, 15) is 4.39 Å². The molecule has 0 unspecified atom stereocenters. The van der Waals surface area contributed by atoms with E-state index in [0.717, 1.165) is 27.9 Å². The van der Waals surface area contributed by atoms with Gasteiger partial charge in [-0.3, -0.25) is 15.1 Å². The van der Waals surface area contributed by atoms with Gasteiger partial charge in [0.15, 0.2) is 5.82 Å². The molecule has 1 atom stereocenters. The van der Waals surface area contributed by atoms with Gasteiger partial charge in [-0.1, -0.05) is 18.2 Å². The van der Waals surface area contributed by atoms with Gasteiger partial charge in [0.1, 0.15) is 5.82 Å². The van der Waals surface area contributed by atoms with Gasteiger partial charge in [-0.05, 0) is 36.8 Å². The van der Waals surface area contributed by atoms with Crippen molar-refractivity contribution in [2.45, 2.75) is 13.0 Å². The zero-order valence-corrected chi connectivity index (χ0v) is 17.5. The van der Waals surface area contributed by atoms with Crippen molar-refractivity contribution in [3.63, 3.8) is 0 Å². The molecule has 10 nitrogen and oxygen atoms in total. The van der Waals surface area contributed by atoms with Gasteiger partial charge < -0.3 is 16.4 Å². The van der Waals surface area contributed by atoms with Gasteiger partial charge >= 0.3 is 0 Å². The summed E-state index contributed by atoms with van der Waals surface area (Å²) in [6.07, 6.45) is 3.31. The summed E-state index contributed by atoms with van der Waals surface area (Å²) in [5.41, 5.74) is 10.0. The molecule has 2 aromatic carbocycles. The first-order valence-electron chi connectivity index (χ1n) is 10.1. The minimum atomic E-state index is -0.295. The lowest BCUT2D eigenvalue weighted by Crippen LogP contribution is -2.12. The van der Waals surface area contributed by atoms with Crippen molar-refractivity contribution in [3.05, 3.63) is 72.3 Å². The number of hydrogen-bond donors (Lipinski definition) is 4. The van der Waals surface area contributed by atoms with Crippen LogP contribution in [0.3, 0.4) is 0 Å². The highest BCUT2D eigenvalue weighted by Gasteiger charge is 2.12. The molecule has 0 amide bonds. The minimum absolute atomic E-state index is 0.0465. The fourth-order valence-corrected chi connectivity index (χ4v) is 3.32. The van der Waals surface area contributed by atoms with E-state index in [1.807, 2.05) is 31.2 Å². The highest BCUT2D eigenvalue weighted by Crippen LogP contribution is 2.24. The molecule has 0 aliphatic heterocycles. The Morgan fingerprint density at radius 1 is 0.909 bits per heavy atom. The Bertz CT molecular complexity index is 1420. The van der Waals surface area contributed by atoms with E-state index in [-0.39, 0.29) is 29.7 Å². The second kappa shape index (κ2) is 8.46. The number of aromatic nitrogens is 7. The Morgan fingerprint density at radius 2 is 1.67 bits per heavy atom. The lowest BCUT2D eigenvalue weighted by Gasteiger charge is -2.14. The molecule has 164 valence electrons. The van der Waals surface area contributed by atoms with Crippen molar-refractivity contribution in [1.82, 2.24) is 35.1 Å². The maximum atomic E-state index is 13.2. The average Bonchev–Trinajstić information content (AvgIpc) is 3.27. The molecule has 0 radical (unpaired) electrons. The van der Waals surface area contributed by atoms with Crippen LogP contribution in [0, 0.1) is 5.82 Å². The maximum Gasteiger partial charge on any atom is 0.235 e. The number of hydrogen-bond acceptors (Lipinski definition) is 9. The third kappa shape index (κ3) is 4.51. The number of halogens is 1. The highest BCUT2D eigenvalue weighted by atomic mass is 19.1. The predicted octanol–water partition coefficient (Wildman–Crippen LogP) is 3.84. The molecule has 5 aromatic rings. The molecule has 0 saturated carbocycles. The molecule has 3 heterocycles. The van der Waals surface area contributed by atoms with Crippen LogP contribution in [-0.4, -0.2) is 35.1 Å². The number of nitrogen functional groups attached to an aromatic ring is 1. The van der Waals surface area contributed by atoms with Crippen LogP contribution in [0.25, 0.3) is 22.3 Å². The zero-order valence-electron chi connectivity index (χ0n) is 17.5. The standard InChI is InChI=1S/C22H19FN10/c1-12(13-2-5-15(23)6-3-13)27-21-29-20(24)30-22(31-21)28-19-11-17(32-33-19)14-4-7-16-18(10-14)26-9-8-25-16/h2-12H,1H3,(H5,24,27,28,29,30,31,32,33)/t12-/m0/s1. The average molecular weight is 442 g/mol. The number of benzene rings is 2. The van der Waals surface area contributed by atoms with Crippen LogP contribution in [0.1, 0.15) is 18.5 Å². The van der Waals surface area contributed by atoms with E-state index in [1.165, 1.54) is 12.1 Å². The number of fused-ring (bicyclic) bond motifs is 1. The largest absolute Gasteiger partial charge is 0.368 e. The van der Waals surface area contributed by atoms with Crippen molar-refractivity contribution < 1.29 is 4.39 Å². The molecule has 11 heteroatoms. The third-order valence-electron chi connectivity index (χ3n) is 4.97. The molecular formula is C22H19FN10. The molecule has 0 saturated heterocycles. The van der Waals surface area contributed by atoms with Gasteiger partial charge in [-0.25, -0.2) is 4.39 Å². The van der Waals surface area contributed by atoms with Crippen LogP contribution in [0.5, 0.6) is 0 Å². The van der Waals surface area contributed by atoms with Crippen LogP contribution < -0.4 is 16.4 Å². The second-order valence-corrected chi connectivity index (χ2v) is 7.31. The number of anilines is 4. The number of H-pyrrole nitrogens is 1. The molecule has 0 fully saturated rings. The van der Waals surface area contributed by atoms with Crippen LogP contribution in [0.4, 0.5) is 28.1 Å². The molecule has 5 rings (SSSR count). The summed E-state index contributed by atoms with van der Waals surface area (Å²) in [4.78, 5) is 21.2. The molecule has 5 N–H and O–H groups in total. The Hall–Kier alpha value is -4.67. The van der Waals surface area contributed by atoms with E-state index >= 15 is 0 Å². The van der Waals surface area contributed by atoms with Crippen LogP contribution in [0.2, 0.25) is 0 Å². The van der Waals surface area contributed by atoms with Crippen molar-refractivity contribution in [2.75, 3.05) is 16.4 Å². The number of aromatic amines is 1. The monoisotopic (exact) mass is 442 g/mol. The lowest BCUT2D eigenvalue weighted by atomic mass is 10.1. The van der Waals surface area contributed by atoms with E-state index in [4.69, 9.17) is 5.73 Å². The fourth-order valence-electron chi connectivity index (χ4n) is 3.32. The smallest absolute Gasteiger partial charge is 0.235 e. The quantitative estimate of drug-likeness (QED) is 0.308. The fraction of sp³-hybridized carbons (Fsp3) is 0.0909. The van der Waals surface area contributed by atoms with Crippen LogP contribution in [0.15, 0.2) is 60.9 Å². The minimum Gasteiger partial charge on any atom is -0.368 e. The number of nitrogens with zero attached hydrogens (tertiary/aromatic N) is 6. The summed E-state index contributed by atoms with van der Waals surface area (Å²) in [5.74, 6) is 0.777. The van der Waals surface area contributed by atoms with Gasteiger partial charge in [0.25, 0.3) is 0 Å². The Morgan fingerprint density at radius 3 is 2.48 bits per heavy atom. The van der Waals surface area contributed by atoms with Crippen molar-refractivity contribution in [1.29, 1.82) is 0 Å². The van der Waals surface area contributed by atoms with Crippen LogP contribution in [-0.2, 0) is 0 Å². The second-order valence-electron chi connectivity index (χ2n) is 7.31. The van der Waals surface area contributed by atoms with Crippen LogP contribution >= 0.6 is 0 Å². The Kier molecular flexibility index (Phi) is 5.19. The Balaban J connectivity index is 1.33. The summed E-state index contributed by atoms with van der Waals surface area (Å²) in [6.45, 7) is 1.91. The maximum absolute atomic E-state index is 13.2. The Labute approximate surface area is 187 Å². The summed E-state index contributed by atoms with van der Waals surface area (Å²) in [7, 11) is 0. The molecule has 0 aliphatic rings. The van der Waals surface area contributed by atoms with Crippen molar-refractivity contribution in [3.8, 4) is 11.3 Å². The number of rotatable bonds is 6. The summed E-state index contributed by atoms with van der Waals surface area (Å²) in [5, 5.41) is 13.4. The van der Waals surface area contributed by atoms with E-state index in [1.54, 1.807) is 24.5 Å². The van der Waals surface area contributed by atoms with Gasteiger partial charge in [-0.15, -0.1) is 0 Å². The SMILES string of the molecule is C[C@H](Nc1nc(N)nc(Nc2cc(-c3ccc4nccnc4c3)[nH]n2)n1)c1ccc(F)cc1. The summed E-state index contributed by atoms with van der Waals surface area (Å²) in [6, 6.07) is 13.6. The van der Waals surface area contributed by atoms with Crippen molar-refractivity contribution >= 4 is 34.7 Å². The summed E-state index contributed by atoms with van der Waals surface area (Å²) >= 11 is 0. The van der Waals surface area contributed by atoms with Gasteiger partial charge in [0, 0.05) is 24.0 Å². The van der Waals surface area contributed by atoms with Gasteiger partial charge in [0.05, 0.1) is 22.8 Å². The third-order valence-corrected chi connectivity index (χ3v) is 4.97. The normalized spacial score (nSPS) is 11.9. The van der Waals surface area contributed by atoms with E-state index in [2.05, 4.69) is 45.8 Å². The topological polar surface area (TPSA) is 143 Å². The molecular weight excluding hydrogens is 423 g/mol. The van der Waals surface area contributed by atoms with Crippen molar-refractivity contribution in [2.24, 2.45) is 0 Å². The summed E-state index contributed by atoms with van der Waals surface area (Å²) < 4.78 is 13.2. The molecule has 3 aromatic heterocycles. The number of nitrogens with two attached hydrogens (primary N) is 1. The molecule has 33 heavy (non-hydrogen) atoms. The van der Waals surface area contributed by atoms with E-state index < -0.39 is 0 Å². The van der Waals surface area contributed by atoms with Gasteiger partial charge in [-0.2, -0.15) is 20.1 Å². The van der Waals surface area contributed by atoms with E-state index in [0.29, 0.717) is 5.82 Å². The first kappa shape index (κ1) is 20.2. The molecule has 0 aliphatic carbocycles. The highest BCUT2D eigenvalue weighted by molar-refractivity contribution is 5.80. The first-order valence-corrected chi connectivity index (χ1v) is 10.1. The van der Waals surface area contributed by atoms with Gasteiger partial charge in [0.2, 0.25) is 17.8 Å². The zero-order chi connectivity index (χ0) is 22.8. The predicted molar refractivity (Wildman–Crippen MR) is 123 cm³/mol. The molecule has 0 bridgehead atoms.